The summed E-state index contributed by atoms with van der Waals surface area (Å²) >= 11 is 0. The molecule has 2 aliphatic rings. The molecular weight excluding hydrogens is 408 g/mol. The number of anilines is 1. The Morgan fingerprint density at radius 1 is 1.13 bits per heavy atom. The Bertz CT molecular complexity index is 1060. The highest BCUT2D eigenvalue weighted by Gasteiger charge is 2.36. The smallest absolute Gasteiger partial charge is 0.263 e. The van der Waals surface area contributed by atoms with Crippen molar-refractivity contribution in [3.05, 3.63) is 48.0 Å². The number of carbonyl (C=O) groups excluding carboxylic acids is 1. The lowest BCUT2D eigenvalue weighted by molar-refractivity contribution is -0.128. The van der Waals surface area contributed by atoms with E-state index in [0.717, 1.165) is 5.56 Å². The zero-order valence-corrected chi connectivity index (χ0v) is 17.6. The van der Waals surface area contributed by atoms with E-state index in [-0.39, 0.29) is 24.2 Å². The van der Waals surface area contributed by atoms with Gasteiger partial charge in [-0.3, -0.25) is 9.10 Å². The van der Waals surface area contributed by atoms with Crippen molar-refractivity contribution in [1.82, 2.24) is 5.32 Å². The van der Waals surface area contributed by atoms with Crippen molar-refractivity contribution in [3.8, 4) is 17.2 Å². The second-order valence-electron chi connectivity index (χ2n) is 7.14. The summed E-state index contributed by atoms with van der Waals surface area (Å²) in [6, 6.07) is 12.0. The number of hydrogen-bond donors (Lipinski definition) is 1. The van der Waals surface area contributed by atoms with E-state index in [0.29, 0.717) is 36.1 Å². The second-order valence-corrected chi connectivity index (χ2v) is 9.32. The van der Waals surface area contributed by atoms with Gasteiger partial charge in [-0.15, -0.1) is 0 Å². The van der Waals surface area contributed by atoms with Gasteiger partial charge >= 0.3 is 0 Å². The predicted molar refractivity (Wildman–Crippen MR) is 112 cm³/mol. The maximum absolute atomic E-state index is 12.9. The van der Waals surface area contributed by atoms with E-state index in [1.807, 2.05) is 25.1 Å². The van der Waals surface area contributed by atoms with Crippen LogP contribution in [0.3, 0.4) is 0 Å². The van der Waals surface area contributed by atoms with Crippen molar-refractivity contribution < 1.29 is 27.4 Å². The number of amides is 1. The summed E-state index contributed by atoms with van der Waals surface area (Å²) in [7, 11) is -3.55. The quantitative estimate of drug-likeness (QED) is 0.779. The number of hydrogen-bond acceptors (Lipinski definition) is 6. The third-order valence-corrected chi connectivity index (χ3v) is 6.90. The van der Waals surface area contributed by atoms with Gasteiger partial charge in [-0.1, -0.05) is 18.2 Å². The van der Waals surface area contributed by atoms with E-state index < -0.39 is 16.1 Å². The lowest BCUT2D eigenvalue weighted by Gasteiger charge is -2.35. The zero-order valence-electron chi connectivity index (χ0n) is 16.8. The molecule has 2 aromatic rings. The summed E-state index contributed by atoms with van der Waals surface area (Å²) in [6.45, 7) is 4.34. The van der Waals surface area contributed by atoms with Crippen molar-refractivity contribution in [2.75, 3.05) is 29.8 Å². The molecule has 8 nitrogen and oxygen atoms in total. The van der Waals surface area contributed by atoms with Crippen LogP contribution in [0, 0.1) is 0 Å². The van der Waals surface area contributed by atoms with Gasteiger partial charge < -0.3 is 19.5 Å². The molecule has 2 heterocycles. The van der Waals surface area contributed by atoms with Gasteiger partial charge in [-0.25, -0.2) is 8.42 Å². The highest BCUT2D eigenvalue weighted by molar-refractivity contribution is 7.92. The summed E-state index contributed by atoms with van der Waals surface area (Å²) in [5, 5.41) is 2.91. The average molecular weight is 432 g/mol. The van der Waals surface area contributed by atoms with E-state index in [2.05, 4.69) is 5.32 Å². The number of nitrogens with zero attached hydrogens (tertiary/aromatic N) is 1. The van der Waals surface area contributed by atoms with Gasteiger partial charge in [-0.05, 0) is 43.7 Å². The number of sulfonamides is 1. The van der Waals surface area contributed by atoms with Crippen LogP contribution in [0.1, 0.15) is 25.5 Å². The van der Waals surface area contributed by atoms with Gasteiger partial charge in [0.25, 0.3) is 5.91 Å². The Kier molecular flexibility index (Phi) is 5.46. The Morgan fingerprint density at radius 2 is 1.87 bits per heavy atom. The monoisotopic (exact) mass is 432 g/mol. The SMILES string of the molecule is CCS(=O)(=O)N1C[C@H](C(=O)N[C@@H](C)c2ccc3c(c2)OCCO3)Oc2ccccc21. The summed E-state index contributed by atoms with van der Waals surface area (Å²) in [5.74, 6) is 1.23. The van der Waals surface area contributed by atoms with Crippen molar-refractivity contribution in [1.29, 1.82) is 0 Å². The van der Waals surface area contributed by atoms with Crippen LogP contribution in [0.4, 0.5) is 5.69 Å². The fourth-order valence-electron chi connectivity index (χ4n) is 3.48. The summed E-state index contributed by atoms with van der Waals surface area (Å²) < 4.78 is 43.4. The Balaban J connectivity index is 1.52. The second kappa shape index (κ2) is 8.06. The molecule has 9 heteroatoms. The highest BCUT2D eigenvalue weighted by atomic mass is 32.2. The molecule has 0 saturated carbocycles. The topological polar surface area (TPSA) is 94.2 Å². The molecule has 0 fully saturated rings. The fraction of sp³-hybridized carbons (Fsp3) is 0.381. The summed E-state index contributed by atoms with van der Waals surface area (Å²) in [5.41, 5.74) is 1.30. The molecule has 2 atom stereocenters. The van der Waals surface area contributed by atoms with E-state index in [1.54, 1.807) is 31.2 Å². The van der Waals surface area contributed by atoms with Crippen LogP contribution in [0.15, 0.2) is 42.5 Å². The van der Waals surface area contributed by atoms with Gasteiger partial charge in [0, 0.05) is 0 Å². The van der Waals surface area contributed by atoms with Crippen LogP contribution >= 0.6 is 0 Å². The van der Waals surface area contributed by atoms with Crippen LogP contribution in [-0.2, 0) is 14.8 Å². The first-order chi connectivity index (χ1) is 14.4. The van der Waals surface area contributed by atoms with E-state index in [4.69, 9.17) is 14.2 Å². The molecule has 1 N–H and O–H groups in total. The molecule has 0 radical (unpaired) electrons. The van der Waals surface area contributed by atoms with Crippen LogP contribution < -0.4 is 23.8 Å². The van der Waals surface area contributed by atoms with Gasteiger partial charge in [0.05, 0.1) is 24.0 Å². The number of para-hydroxylation sites is 2. The molecule has 0 bridgehead atoms. The molecule has 2 aromatic carbocycles. The van der Waals surface area contributed by atoms with Crippen LogP contribution in [0.25, 0.3) is 0 Å². The lowest BCUT2D eigenvalue weighted by Crippen LogP contribution is -2.51. The minimum absolute atomic E-state index is 0.0662. The molecule has 160 valence electrons. The first-order valence-corrected chi connectivity index (χ1v) is 11.5. The maximum Gasteiger partial charge on any atom is 0.263 e. The molecule has 4 rings (SSSR count). The van der Waals surface area contributed by atoms with E-state index >= 15 is 0 Å². The number of nitrogens with one attached hydrogen (secondary N) is 1. The molecular formula is C21H24N2O6S. The predicted octanol–water partition coefficient (Wildman–Crippen LogP) is 2.25. The van der Waals surface area contributed by atoms with Gasteiger partial charge in [0.2, 0.25) is 10.0 Å². The van der Waals surface area contributed by atoms with Gasteiger partial charge in [0.15, 0.2) is 17.6 Å². The normalized spacial score (nSPS) is 18.7. The Hall–Kier alpha value is -2.94. The molecule has 0 saturated heterocycles. The van der Waals surface area contributed by atoms with E-state index in [9.17, 15) is 13.2 Å². The van der Waals surface area contributed by atoms with Gasteiger partial charge in [-0.2, -0.15) is 0 Å². The summed E-state index contributed by atoms with van der Waals surface area (Å²) in [4.78, 5) is 12.9. The Labute approximate surface area is 175 Å². The number of benzene rings is 2. The third kappa shape index (κ3) is 3.89. The van der Waals surface area contributed by atoms with Crippen LogP contribution in [0.5, 0.6) is 17.2 Å². The largest absolute Gasteiger partial charge is 0.486 e. The minimum atomic E-state index is -3.55. The molecule has 0 aromatic heterocycles. The molecule has 1 amide bonds. The van der Waals surface area contributed by atoms with Crippen molar-refractivity contribution in [3.63, 3.8) is 0 Å². The molecule has 0 spiro atoms. The fourth-order valence-corrected chi connectivity index (χ4v) is 4.60. The van der Waals surface area contributed by atoms with E-state index in [1.165, 1.54) is 4.31 Å². The first-order valence-electron chi connectivity index (χ1n) is 9.85. The van der Waals surface area contributed by atoms with Crippen molar-refractivity contribution >= 4 is 21.6 Å². The number of fused-ring (bicyclic) bond motifs is 2. The Morgan fingerprint density at radius 3 is 2.63 bits per heavy atom. The minimum Gasteiger partial charge on any atom is -0.486 e. The standard InChI is InChI=1S/C21H24N2O6S/c1-3-30(25,26)23-13-20(29-17-7-5-4-6-16(17)23)21(24)22-14(2)15-8-9-18-19(12-15)28-11-10-27-18/h4-9,12,14,20H,3,10-11,13H2,1-2H3,(H,22,24)/t14-,20+/m0/s1. The zero-order chi connectivity index (χ0) is 21.3. The van der Waals surface area contributed by atoms with Crippen molar-refractivity contribution in [2.45, 2.75) is 26.0 Å². The van der Waals surface area contributed by atoms with Crippen LogP contribution in [0.2, 0.25) is 0 Å². The number of ether oxygens (including phenoxy) is 3. The number of rotatable bonds is 5. The number of carbonyl (C=O) groups is 1. The molecule has 2 aliphatic heterocycles. The third-order valence-electron chi connectivity index (χ3n) is 5.15. The van der Waals surface area contributed by atoms with Crippen molar-refractivity contribution in [2.24, 2.45) is 0 Å². The summed E-state index contributed by atoms with van der Waals surface area (Å²) in [6.07, 6.45) is -0.958. The first kappa shape index (κ1) is 20.3. The lowest BCUT2D eigenvalue weighted by atomic mass is 10.1. The molecule has 0 unspecified atom stereocenters. The average Bonchev–Trinajstić information content (AvgIpc) is 2.77. The highest BCUT2D eigenvalue weighted by Crippen LogP contribution is 2.36. The molecule has 0 aliphatic carbocycles. The van der Waals surface area contributed by atoms with Crippen LogP contribution in [-0.4, -0.2) is 45.9 Å². The van der Waals surface area contributed by atoms with Gasteiger partial charge in [0.1, 0.15) is 19.0 Å². The maximum atomic E-state index is 12.9. The molecule has 30 heavy (non-hydrogen) atoms.